The molecule has 1 aromatic carbocycles. The van der Waals surface area contributed by atoms with E-state index in [0.29, 0.717) is 11.3 Å². The molecule has 5 heteroatoms. The van der Waals surface area contributed by atoms with E-state index in [1.54, 1.807) is 27.7 Å². The number of nitrogens with one attached hydrogen (secondary N) is 1. The van der Waals surface area contributed by atoms with Crippen LogP contribution in [0.2, 0.25) is 5.02 Å². The molecule has 94 valence electrons. The first-order valence-electron chi connectivity index (χ1n) is 5.18. The number of hydrogen-bond acceptors (Lipinski definition) is 3. The summed E-state index contributed by atoms with van der Waals surface area (Å²) in [5.74, 6) is -0.0149. The molecule has 0 saturated heterocycles. The van der Waals surface area contributed by atoms with Crippen LogP contribution in [0, 0.1) is 6.92 Å². The van der Waals surface area contributed by atoms with Crippen molar-refractivity contribution in [2.45, 2.75) is 33.3 Å². The molecule has 0 aliphatic rings. The lowest BCUT2D eigenvalue weighted by Gasteiger charge is -2.20. The Hall–Kier alpha value is -1.42. The second-order valence-corrected chi connectivity index (χ2v) is 5.15. The van der Waals surface area contributed by atoms with E-state index in [-0.39, 0.29) is 10.8 Å². The van der Waals surface area contributed by atoms with Crippen LogP contribution in [0.3, 0.4) is 0 Å². The third kappa shape index (κ3) is 4.15. The van der Waals surface area contributed by atoms with Crippen molar-refractivity contribution in [2.24, 2.45) is 0 Å². The Morgan fingerprint density at radius 2 is 2.00 bits per heavy atom. The summed E-state index contributed by atoms with van der Waals surface area (Å²) in [5, 5.41) is 12.1. The molecule has 0 aromatic heterocycles. The highest BCUT2D eigenvalue weighted by atomic mass is 35.5. The Labute approximate surface area is 106 Å². The van der Waals surface area contributed by atoms with Crippen molar-refractivity contribution < 1.29 is 14.6 Å². The Morgan fingerprint density at radius 3 is 2.53 bits per heavy atom. The van der Waals surface area contributed by atoms with Crippen LogP contribution in [0.5, 0.6) is 5.75 Å². The van der Waals surface area contributed by atoms with Crippen LogP contribution in [0.1, 0.15) is 26.3 Å². The highest BCUT2D eigenvalue weighted by Crippen LogP contribution is 2.29. The van der Waals surface area contributed by atoms with Gasteiger partial charge in [-0.05, 0) is 45.4 Å². The lowest BCUT2D eigenvalue weighted by molar-refractivity contribution is 0.0636. The maximum absolute atomic E-state index is 11.5. The predicted octanol–water partition coefficient (Wildman–Crippen LogP) is 3.70. The van der Waals surface area contributed by atoms with E-state index in [0.717, 1.165) is 0 Å². The Morgan fingerprint density at radius 1 is 1.41 bits per heavy atom. The first-order valence-corrected chi connectivity index (χ1v) is 5.56. The molecule has 0 aliphatic heterocycles. The van der Waals surface area contributed by atoms with Gasteiger partial charge in [0.05, 0.1) is 5.02 Å². The number of ether oxygens (including phenoxy) is 1. The van der Waals surface area contributed by atoms with Crippen LogP contribution < -0.4 is 5.32 Å². The number of carbonyl (C=O) groups is 1. The van der Waals surface area contributed by atoms with Gasteiger partial charge in [-0.2, -0.15) is 0 Å². The van der Waals surface area contributed by atoms with E-state index in [2.05, 4.69) is 5.32 Å². The number of rotatable bonds is 1. The smallest absolute Gasteiger partial charge is 0.412 e. The second kappa shape index (κ2) is 4.84. The van der Waals surface area contributed by atoms with Gasteiger partial charge in [0.2, 0.25) is 0 Å². The van der Waals surface area contributed by atoms with Gasteiger partial charge in [-0.15, -0.1) is 0 Å². The molecule has 1 amide bonds. The summed E-state index contributed by atoms with van der Waals surface area (Å²) in [6.07, 6.45) is -0.553. The standard InChI is InChI=1S/C12H16ClNO3/c1-7-5-10(15)8(13)6-9(7)14-11(16)17-12(2,3)4/h5-6,15H,1-4H3,(H,14,16). The topological polar surface area (TPSA) is 58.6 Å². The molecular weight excluding hydrogens is 242 g/mol. The lowest BCUT2D eigenvalue weighted by Crippen LogP contribution is -2.27. The third-order valence-electron chi connectivity index (χ3n) is 1.93. The van der Waals surface area contributed by atoms with E-state index in [9.17, 15) is 9.90 Å². The Kier molecular flexibility index (Phi) is 3.88. The van der Waals surface area contributed by atoms with Crippen molar-refractivity contribution in [3.63, 3.8) is 0 Å². The number of phenols is 1. The summed E-state index contributed by atoms with van der Waals surface area (Å²) in [7, 11) is 0. The molecule has 0 spiro atoms. The van der Waals surface area contributed by atoms with Crippen molar-refractivity contribution in [1.82, 2.24) is 0 Å². The largest absolute Gasteiger partial charge is 0.506 e. The minimum Gasteiger partial charge on any atom is -0.506 e. The zero-order chi connectivity index (χ0) is 13.2. The monoisotopic (exact) mass is 257 g/mol. The molecule has 0 bridgehead atoms. The average molecular weight is 258 g/mol. The average Bonchev–Trinajstić information content (AvgIpc) is 2.11. The van der Waals surface area contributed by atoms with Gasteiger partial charge in [0.25, 0.3) is 0 Å². The van der Waals surface area contributed by atoms with Crippen LogP contribution in [0.4, 0.5) is 10.5 Å². The van der Waals surface area contributed by atoms with Crippen LogP contribution in [0.15, 0.2) is 12.1 Å². The minimum atomic E-state index is -0.557. The number of aryl methyl sites for hydroxylation is 1. The van der Waals surface area contributed by atoms with E-state index >= 15 is 0 Å². The molecule has 0 radical (unpaired) electrons. The van der Waals surface area contributed by atoms with Gasteiger partial charge in [-0.3, -0.25) is 5.32 Å². The van der Waals surface area contributed by atoms with Crippen molar-refractivity contribution in [2.75, 3.05) is 5.32 Å². The van der Waals surface area contributed by atoms with Crippen molar-refractivity contribution >= 4 is 23.4 Å². The third-order valence-corrected chi connectivity index (χ3v) is 2.23. The summed E-state index contributed by atoms with van der Waals surface area (Å²) in [5.41, 5.74) is 0.665. The zero-order valence-electron chi connectivity index (χ0n) is 10.3. The first kappa shape index (κ1) is 13.6. The number of phenolic OH excluding ortho intramolecular Hbond substituents is 1. The fourth-order valence-electron chi connectivity index (χ4n) is 1.21. The Balaban J connectivity index is 2.82. The molecular formula is C12H16ClNO3. The van der Waals surface area contributed by atoms with Crippen molar-refractivity contribution in [1.29, 1.82) is 0 Å². The molecule has 0 atom stereocenters. The fraction of sp³-hybridized carbons (Fsp3) is 0.417. The molecule has 1 aromatic rings. The summed E-state index contributed by atoms with van der Waals surface area (Å²) in [6.45, 7) is 7.10. The number of aromatic hydroxyl groups is 1. The van der Waals surface area contributed by atoms with Gasteiger partial charge in [0.15, 0.2) is 0 Å². The quantitative estimate of drug-likeness (QED) is 0.754. The second-order valence-electron chi connectivity index (χ2n) is 4.75. The molecule has 1 rings (SSSR count). The molecule has 4 nitrogen and oxygen atoms in total. The molecule has 0 heterocycles. The molecule has 0 unspecified atom stereocenters. The minimum absolute atomic E-state index is 0.0149. The number of anilines is 1. The highest BCUT2D eigenvalue weighted by Gasteiger charge is 2.17. The van der Waals surface area contributed by atoms with Gasteiger partial charge in [-0.1, -0.05) is 11.6 Å². The maximum atomic E-state index is 11.5. The van der Waals surface area contributed by atoms with Gasteiger partial charge >= 0.3 is 6.09 Å². The van der Waals surface area contributed by atoms with Crippen molar-refractivity contribution in [3.05, 3.63) is 22.7 Å². The summed E-state index contributed by atoms with van der Waals surface area (Å²) in [4.78, 5) is 11.5. The van der Waals surface area contributed by atoms with Crippen LogP contribution in [-0.4, -0.2) is 16.8 Å². The highest BCUT2D eigenvalue weighted by molar-refractivity contribution is 6.32. The maximum Gasteiger partial charge on any atom is 0.412 e. The van der Waals surface area contributed by atoms with Crippen LogP contribution in [-0.2, 0) is 4.74 Å². The first-order chi connectivity index (χ1) is 7.69. The number of hydrogen-bond donors (Lipinski definition) is 2. The summed E-state index contributed by atoms with van der Waals surface area (Å²) < 4.78 is 5.11. The number of amides is 1. The normalized spacial score (nSPS) is 11.1. The molecule has 0 fully saturated rings. The lowest BCUT2D eigenvalue weighted by atomic mass is 10.2. The number of carbonyl (C=O) groups excluding carboxylic acids is 1. The van der Waals surface area contributed by atoms with Crippen LogP contribution in [0.25, 0.3) is 0 Å². The van der Waals surface area contributed by atoms with E-state index < -0.39 is 11.7 Å². The van der Waals surface area contributed by atoms with E-state index in [1.807, 2.05) is 0 Å². The van der Waals surface area contributed by atoms with Gasteiger partial charge in [0.1, 0.15) is 11.4 Å². The summed E-state index contributed by atoms with van der Waals surface area (Å²) >= 11 is 5.76. The van der Waals surface area contributed by atoms with Gasteiger partial charge < -0.3 is 9.84 Å². The predicted molar refractivity (Wildman–Crippen MR) is 67.7 cm³/mol. The zero-order valence-corrected chi connectivity index (χ0v) is 11.1. The van der Waals surface area contributed by atoms with Crippen molar-refractivity contribution in [3.8, 4) is 5.75 Å². The Bertz CT molecular complexity index is 438. The molecule has 17 heavy (non-hydrogen) atoms. The van der Waals surface area contributed by atoms with E-state index in [4.69, 9.17) is 16.3 Å². The molecule has 0 aliphatic carbocycles. The van der Waals surface area contributed by atoms with E-state index in [1.165, 1.54) is 12.1 Å². The number of halogens is 1. The molecule has 2 N–H and O–H groups in total. The molecule has 0 saturated carbocycles. The fourth-order valence-corrected chi connectivity index (χ4v) is 1.38. The SMILES string of the molecule is Cc1cc(O)c(Cl)cc1NC(=O)OC(C)(C)C. The summed E-state index contributed by atoms with van der Waals surface area (Å²) in [6, 6.07) is 2.96. The number of benzene rings is 1. The van der Waals surface area contributed by atoms with Gasteiger partial charge in [0, 0.05) is 5.69 Å². The van der Waals surface area contributed by atoms with Crippen LogP contribution >= 0.6 is 11.6 Å². The van der Waals surface area contributed by atoms with Gasteiger partial charge in [-0.25, -0.2) is 4.79 Å².